The topological polar surface area (TPSA) is 98.9 Å². The van der Waals surface area contributed by atoms with Crippen LogP contribution in [0.15, 0.2) is 18.2 Å². The maximum absolute atomic E-state index is 11.3. The highest BCUT2D eigenvalue weighted by molar-refractivity contribution is 6.17. The smallest absolute Gasteiger partial charge is 0.533 e. The molecule has 0 fully saturated rings. The summed E-state index contributed by atoms with van der Waals surface area (Å²) in [5, 5.41) is 19.1. The number of hydrogen-bond acceptors (Lipinski definition) is 6. The molecule has 1 N–H and O–H groups in total. The molecule has 89 valence electrons. The van der Waals surface area contributed by atoms with Crippen molar-refractivity contribution in [1.82, 2.24) is 0 Å². The van der Waals surface area contributed by atoms with E-state index in [0.29, 0.717) is 7.69 Å². The van der Waals surface area contributed by atoms with Crippen molar-refractivity contribution >= 4 is 19.3 Å². The Balaban J connectivity index is 3.09. The van der Waals surface area contributed by atoms with Gasteiger partial charge in [0.05, 0.1) is 17.1 Å². The van der Waals surface area contributed by atoms with Gasteiger partial charge in [-0.2, -0.15) is 0 Å². The maximum atomic E-state index is 11.3. The van der Waals surface area contributed by atoms with Crippen LogP contribution in [0.3, 0.4) is 0 Å². The Morgan fingerprint density at radius 3 is 2.82 bits per heavy atom. The summed E-state index contributed by atoms with van der Waals surface area (Å²) in [6.45, 7) is 1.81. The van der Waals surface area contributed by atoms with Crippen LogP contribution in [-0.2, 0) is 4.74 Å². The van der Waals surface area contributed by atoms with Crippen LogP contribution in [0, 0.1) is 10.1 Å². The molecule has 7 nitrogen and oxygen atoms in total. The molecule has 0 spiro atoms. The highest BCUT2D eigenvalue weighted by Gasteiger charge is 2.19. The van der Waals surface area contributed by atoms with Crippen molar-refractivity contribution in [1.29, 1.82) is 0 Å². The SMILES string of the molecule is CCOC(=O)c1ccc(O[B]O)c([N+](=O)[O-])c1. The van der Waals surface area contributed by atoms with Crippen molar-refractivity contribution in [2.75, 3.05) is 6.61 Å². The minimum absolute atomic E-state index is 0.0452. The summed E-state index contributed by atoms with van der Waals surface area (Å²) in [7, 11) is 0.326. The Bertz CT molecular complexity index is 435. The quantitative estimate of drug-likeness (QED) is 0.350. The molecule has 0 aromatic heterocycles. The molecule has 0 saturated carbocycles. The van der Waals surface area contributed by atoms with Crippen molar-refractivity contribution in [3.05, 3.63) is 33.9 Å². The minimum Gasteiger partial charge on any atom is -0.533 e. The van der Waals surface area contributed by atoms with E-state index < -0.39 is 16.6 Å². The minimum atomic E-state index is -0.721. The average molecular weight is 238 g/mol. The van der Waals surface area contributed by atoms with Gasteiger partial charge in [-0.25, -0.2) is 4.79 Å². The van der Waals surface area contributed by atoms with Gasteiger partial charge in [-0.15, -0.1) is 0 Å². The normalized spacial score (nSPS) is 9.53. The first-order valence-corrected chi connectivity index (χ1v) is 4.68. The van der Waals surface area contributed by atoms with E-state index in [9.17, 15) is 14.9 Å². The van der Waals surface area contributed by atoms with E-state index in [4.69, 9.17) is 9.76 Å². The Kier molecular flexibility index (Phi) is 4.47. The number of carbonyl (C=O) groups is 1. The summed E-state index contributed by atoms with van der Waals surface area (Å²) in [5.74, 6) is -0.819. The second kappa shape index (κ2) is 5.85. The first kappa shape index (κ1) is 13.0. The van der Waals surface area contributed by atoms with E-state index >= 15 is 0 Å². The van der Waals surface area contributed by atoms with E-state index in [0.717, 1.165) is 6.07 Å². The molecule has 0 heterocycles. The summed E-state index contributed by atoms with van der Waals surface area (Å²) in [4.78, 5) is 21.3. The molecule has 0 unspecified atom stereocenters. The Labute approximate surface area is 97.4 Å². The lowest BCUT2D eigenvalue weighted by atomic mass is 10.2. The number of rotatable bonds is 5. The standard InChI is InChI=1S/C9H9BNO6/c1-2-16-9(12)6-3-4-8(17-10-13)7(5-6)11(14)15/h3-5,13H,2H2,1H3. The van der Waals surface area contributed by atoms with E-state index in [2.05, 4.69) is 4.65 Å². The maximum Gasteiger partial charge on any atom is 0.569 e. The zero-order chi connectivity index (χ0) is 12.8. The van der Waals surface area contributed by atoms with E-state index in [1.165, 1.54) is 12.1 Å². The molecule has 0 aliphatic carbocycles. The second-order valence-corrected chi connectivity index (χ2v) is 2.88. The van der Waals surface area contributed by atoms with Gasteiger partial charge in [0, 0.05) is 6.07 Å². The number of hydrogen-bond donors (Lipinski definition) is 1. The van der Waals surface area contributed by atoms with Gasteiger partial charge in [-0.3, -0.25) is 10.1 Å². The van der Waals surface area contributed by atoms with Gasteiger partial charge in [-0.05, 0) is 19.1 Å². The van der Waals surface area contributed by atoms with Crippen LogP contribution in [-0.4, -0.2) is 30.2 Å². The molecule has 0 aliphatic rings. The highest BCUT2D eigenvalue weighted by Crippen LogP contribution is 2.27. The van der Waals surface area contributed by atoms with Crippen LogP contribution in [0.2, 0.25) is 0 Å². The molecule has 1 aromatic carbocycles. The molecule has 0 atom stereocenters. The molecule has 1 radical (unpaired) electrons. The van der Waals surface area contributed by atoms with Crippen LogP contribution in [0.25, 0.3) is 0 Å². The fourth-order valence-corrected chi connectivity index (χ4v) is 1.16. The molecule has 0 saturated heterocycles. The Hall–Kier alpha value is -2.09. The lowest BCUT2D eigenvalue weighted by Gasteiger charge is -2.05. The van der Waals surface area contributed by atoms with Gasteiger partial charge >= 0.3 is 19.3 Å². The molecule has 1 aromatic rings. The number of carbonyl (C=O) groups excluding carboxylic acids is 1. The number of nitro benzene ring substituents is 1. The van der Waals surface area contributed by atoms with Gasteiger partial charge < -0.3 is 14.4 Å². The van der Waals surface area contributed by atoms with Crippen molar-refractivity contribution in [2.45, 2.75) is 6.92 Å². The Morgan fingerprint density at radius 2 is 2.29 bits per heavy atom. The van der Waals surface area contributed by atoms with E-state index in [1.807, 2.05) is 0 Å². The number of ether oxygens (including phenoxy) is 1. The number of benzene rings is 1. The lowest BCUT2D eigenvalue weighted by molar-refractivity contribution is -0.385. The third-order valence-corrected chi connectivity index (χ3v) is 1.85. The van der Waals surface area contributed by atoms with Crippen molar-refractivity contribution in [3.8, 4) is 5.75 Å². The van der Waals surface area contributed by atoms with Gasteiger partial charge in [0.25, 0.3) is 0 Å². The zero-order valence-corrected chi connectivity index (χ0v) is 8.95. The molecule has 0 amide bonds. The van der Waals surface area contributed by atoms with E-state index in [1.54, 1.807) is 6.92 Å². The van der Waals surface area contributed by atoms with Crippen LogP contribution < -0.4 is 4.65 Å². The van der Waals surface area contributed by atoms with Gasteiger partial charge in [0.1, 0.15) is 0 Å². The van der Waals surface area contributed by atoms with Crippen molar-refractivity contribution in [3.63, 3.8) is 0 Å². The summed E-state index contributed by atoms with van der Waals surface area (Å²) in [5.41, 5.74) is -0.385. The van der Waals surface area contributed by atoms with Crippen molar-refractivity contribution < 1.29 is 24.1 Å². The largest absolute Gasteiger partial charge is 0.569 e. The average Bonchev–Trinajstić information content (AvgIpc) is 2.30. The van der Waals surface area contributed by atoms with Crippen molar-refractivity contribution in [2.24, 2.45) is 0 Å². The van der Waals surface area contributed by atoms with E-state index in [-0.39, 0.29) is 17.9 Å². The predicted octanol–water partition coefficient (Wildman–Crippen LogP) is 0.677. The fourth-order valence-electron chi connectivity index (χ4n) is 1.16. The fraction of sp³-hybridized carbons (Fsp3) is 0.222. The number of nitrogens with zero attached hydrogens (tertiary/aromatic N) is 1. The number of nitro groups is 1. The first-order chi connectivity index (χ1) is 8.10. The zero-order valence-electron chi connectivity index (χ0n) is 8.95. The molecule has 1 rings (SSSR count). The third kappa shape index (κ3) is 3.18. The lowest BCUT2D eigenvalue weighted by Crippen LogP contribution is -2.07. The first-order valence-electron chi connectivity index (χ1n) is 4.68. The number of esters is 1. The summed E-state index contributed by atoms with van der Waals surface area (Å²) >= 11 is 0. The van der Waals surface area contributed by atoms with Gasteiger partial charge in [0.2, 0.25) is 0 Å². The summed E-state index contributed by atoms with van der Waals surface area (Å²) in [6.07, 6.45) is 0. The summed E-state index contributed by atoms with van der Waals surface area (Å²) in [6, 6.07) is 3.54. The van der Waals surface area contributed by atoms with Gasteiger partial charge in [-0.1, -0.05) is 0 Å². The predicted molar refractivity (Wildman–Crippen MR) is 57.7 cm³/mol. The molecule has 8 heteroatoms. The molecule has 17 heavy (non-hydrogen) atoms. The second-order valence-electron chi connectivity index (χ2n) is 2.88. The Morgan fingerprint density at radius 1 is 1.59 bits per heavy atom. The van der Waals surface area contributed by atoms with Gasteiger partial charge in [0.15, 0.2) is 5.75 Å². The highest BCUT2D eigenvalue weighted by atomic mass is 16.6. The molecule has 0 bridgehead atoms. The van der Waals surface area contributed by atoms with Crippen LogP contribution >= 0.6 is 0 Å². The molecular weight excluding hydrogens is 229 g/mol. The molecule has 0 aliphatic heterocycles. The van der Waals surface area contributed by atoms with Crippen LogP contribution in [0.5, 0.6) is 5.75 Å². The third-order valence-electron chi connectivity index (χ3n) is 1.85. The summed E-state index contributed by atoms with van der Waals surface area (Å²) < 4.78 is 9.23. The monoisotopic (exact) mass is 238 g/mol. The van der Waals surface area contributed by atoms with Crippen LogP contribution in [0.4, 0.5) is 5.69 Å². The van der Waals surface area contributed by atoms with Crippen LogP contribution in [0.1, 0.15) is 17.3 Å². The molecular formula is C9H9BNO6.